The number of benzene rings is 4. The Morgan fingerprint density at radius 2 is 0.881 bits per heavy atom. The first-order valence-electron chi connectivity index (χ1n) is 14.6. The van der Waals surface area contributed by atoms with Crippen LogP contribution in [0.3, 0.4) is 0 Å². The van der Waals surface area contributed by atoms with E-state index in [1.54, 1.807) is 0 Å². The highest BCUT2D eigenvalue weighted by Crippen LogP contribution is 2.33. The van der Waals surface area contributed by atoms with E-state index in [0.29, 0.717) is 36.2 Å². The highest BCUT2D eigenvalue weighted by molar-refractivity contribution is 6.33. The maximum atomic E-state index is 11.2. The molecule has 2 unspecified atom stereocenters. The average molecular weight is 602 g/mol. The molecule has 6 nitrogen and oxygen atoms in total. The van der Waals surface area contributed by atoms with Crippen molar-refractivity contribution in [2.24, 2.45) is 0 Å². The fourth-order valence-corrected chi connectivity index (χ4v) is 7.08. The van der Waals surface area contributed by atoms with E-state index in [1.807, 2.05) is 36.4 Å². The van der Waals surface area contributed by atoms with Gasteiger partial charge >= 0.3 is 0 Å². The van der Waals surface area contributed by atoms with Crippen molar-refractivity contribution in [1.29, 1.82) is 0 Å². The normalized spacial score (nSPS) is 16.7. The number of rotatable bonds is 8. The minimum atomic E-state index is -0.525. The number of hydrogen-bond acceptors (Lipinski definition) is 4. The minimum Gasteiger partial charge on any atom is -0.390 e. The summed E-state index contributed by atoms with van der Waals surface area (Å²) >= 11 is 12.6. The smallest absolute Gasteiger partial charge is 0.0845 e. The first-order chi connectivity index (χ1) is 20.4. The van der Waals surface area contributed by atoms with Gasteiger partial charge in [-0.05, 0) is 48.5 Å². The molecule has 2 aromatic heterocycles. The van der Waals surface area contributed by atoms with Crippen molar-refractivity contribution >= 4 is 66.8 Å². The second kappa shape index (κ2) is 11.5. The highest BCUT2D eigenvalue weighted by atomic mass is 35.5. The molecule has 0 bridgehead atoms. The van der Waals surface area contributed by atoms with Gasteiger partial charge in [0.15, 0.2) is 0 Å². The summed E-state index contributed by atoms with van der Waals surface area (Å²) < 4.78 is 4.42. The van der Waals surface area contributed by atoms with E-state index in [-0.39, 0.29) is 0 Å². The molecule has 3 heterocycles. The fourth-order valence-electron chi connectivity index (χ4n) is 6.73. The van der Waals surface area contributed by atoms with E-state index in [0.717, 1.165) is 59.0 Å². The van der Waals surface area contributed by atoms with Crippen molar-refractivity contribution in [3.63, 3.8) is 0 Å². The van der Waals surface area contributed by atoms with E-state index < -0.39 is 12.2 Å². The standard InChI is InChI=1S/C34H34Cl2N4O2/c35-23-9-11-33-29(17-23)30-18-24(36)10-12-34(30)40(33)22-26(42)20-38-15-13-37(14-16-38)19-25(41)21-39-31-7-3-1-5-27(31)28-6-2-4-8-32(28)39/h1-12,17-18,25-26,41-42H,13-16,19-22H2. The lowest BCUT2D eigenvalue weighted by atomic mass is 10.1. The number of aliphatic hydroxyl groups is 2. The van der Waals surface area contributed by atoms with Crippen LogP contribution in [0.15, 0.2) is 84.9 Å². The predicted molar refractivity (Wildman–Crippen MR) is 174 cm³/mol. The molecule has 4 aromatic carbocycles. The topological polar surface area (TPSA) is 56.8 Å². The largest absolute Gasteiger partial charge is 0.390 e. The average Bonchev–Trinajstić information content (AvgIpc) is 3.46. The van der Waals surface area contributed by atoms with Gasteiger partial charge in [-0.25, -0.2) is 0 Å². The number of aliphatic hydroxyl groups excluding tert-OH is 2. The van der Waals surface area contributed by atoms with Crippen molar-refractivity contribution in [3.8, 4) is 0 Å². The molecule has 42 heavy (non-hydrogen) atoms. The predicted octanol–water partition coefficient (Wildman–Crippen LogP) is 6.25. The molecule has 2 atom stereocenters. The Balaban J connectivity index is 0.975. The van der Waals surface area contributed by atoms with E-state index in [2.05, 4.69) is 67.5 Å². The first kappa shape index (κ1) is 27.7. The monoisotopic (exact) mass is 600 g/mol. The molecular weight excluding hydrogens is 567 g/mol. The van der Waals surface area contributed by atoms with Crippen LogP contribution < -0.4 is 0 Å². The zero-order valence-electron chi connectivity index (χ0n) is 23.3. The SMILES string of the molecule is OC(CN1CCN(CC(O)Cn2c3ccc(Cl)cc3c3cc(Cl)ccc32)CC1)Cn1c2ccccc2c2ccccc21. The summed E-state index contributed by atoms with van der Waals surface area (Å²) in [6, 6.07) is 28.6. The summed E-state index contributed by atoms with van der Waals surface area (Å²) in [6.07, 6.45) is -0.999. The fraction of sp³-hybridized carbons (Fsp3) is 0.294. The molecular formula is C34H34Cl2N4O2. The molecule has 1 saturated heterocycles. The summed E-state index contributed by atoms with van der Waals surface area (Å²) in [7, 11) is 0. The molecule has 0 spiro atoms. The van der Waals surface area contributed by atoms with Crippen molar-refractivity contribution in [2.45, 2.75) is 25.3 Å². The number of nitrogens with zero attached hydrogens (tertiary/aromatic N) is 4. The first-order valence-corrected chi connectivity index (χ1v) is 15.3. The van der Waals surface area contributed by atoms with Gasteiger partial charge in [0.25, 0.3) is 0 Å². The van der Waals surface area contributed by atoms with Gasteiger partial charge in [-0.3, -0.25) is 9.80 Å². The van der Waals surface area contributed by atoms with Crippen LogP contribution in [-0.2, 0) is 13.1 Å². The number of fused-ring (bicyclic) bond motifs is 6. The molecule has 216 valence electrons. The Hall–Kier alpha value is -3.10. The lowest BCUT2D eigenvalue weighted by Crippen LogP contribution is -2.50. The maximum Gasteiger partial charge on any atom is 0.0845 e. The van der Waals surface area contributed by atoms with E-state index in [9.17, 15) is 10.2 Å². The molecule has 0 radical (unpaired) electrons. The molecule has 0 amide bonds. The number of halogens is 2. The summed E-state index contributed by atoms with van der Waals surface area (Å²) in [6.45, 7) is 5.72. The third-order valence-corrected chi connectivity index (χ3v) is 9.13. The quantitative estimate of drug-likeness (QED) is 0.217. The summed E-state index contributed by atoms with van der Waals surface area (Å²) in [5, 5.41) is 28.2. The van der Waals surface area contributed by atoms with Crippen molar-refractivity contribution in [1.82, 2.24) is 18.9 Å². The molecule has 0 saturated carbocycles. The van der Waals surface area contributed by atoms with Crippen LogP contribution in [0.4, 0.5) is 0 Å². The number of aromatic nitrogens is 2. The van der Waals surface area contributed by atoms with Gasteiger partial charge in [0.1, 0.15) is 0 Å². The third-order valence-electron chi connectivity index (χ3n) is 8.66. The lowest BCUT2D eigenvalue weighted by molar-refractivity contribution is 0.0415. The molecule has 8 heteroatoms. The molecule has 6 aromatic rings. The van der Waals surface area contributed by atoms with Crippen molar-refractivity contribution in [2.75, 3.05) is 39.3 Å². The number of hydrogen-bond donors (Lipinski definition) is 2. The Morgan fingerprint density at radius 1 is 0.500 bits per heavy atom. The van der Waals surface area contributed by atoms with Gasteiger partial charge < -0.3 is 19.3 Å². The van der Waals surface area contributed by atoms with E-state index in [4.69, 9.17) is 23.2 Å². The van der Waals surface area contributed by atoms with Crippen LogP contribution in [-0.4, -0.2) is 80.6 Å². The summed E-state index contributed by atoms with van der Waals surface area (Å²) in [5.74, 6) is 0. The van der Waals surface area contributed by atoms with Crippen molar-refractivity contribution < 1.29 is 10.2 Å². The van der Waals surface area contributed by atoms with Crippen LogP contribution in [0, 0.1) is 0 Å². The Labute approximate surface area is 254 Å². The maximum absolute atomic E-state index is 11.2. The zero-order chi connectivity index (χ0) is 28.8. The second-order valence-corrected chi connectivity index (χ2v) is 12.4. The van der Waals surface area contributed by atoms with Crippen LogP contribution in [0.5, 0.6) is 0 Å². The molecule has 1 aliphatic rings. The number of para-hydroxylation sites is 2. The zero-order valence-corrected chi connectivity index (χ0v) is 24.8. The lowest BCUT2D eigenvalue weighted by Gasteiger charge is -2.36. The molecule has 1 aliphatic heterocycles. The minimum absolute atomic E-state index is 0.473. The van der Waals surface area contributed by atoms with Gasteiger partial charge in [-0.1, -0.05) is 59.6 Å². The molecule has 2 N–H and O–H groups in total. The highest BCUT2D eigenvalue weighted by Gasteiger charge is 2.23. The number of β-amino-alcohol motifs (C(OH)–C–C–N with tert-alkyl or cyclic N) is 2. The number of piperazine rings is 1. The van der Waals surface area contributed by atoms with E-state index in [1.165, 1.54) is 10.8 Å². The van der Waals surface area contributed by atoms with Crippen LogP contribution >= 0.6 is 23.2 Å². The Kier molecular flexibility index (Phi) is 7.61. The second-order valence-electron chi connectivity index (χ2n) is 11.5. The van der Waals surface area contributed by atoms with Crippen LogP contribution in [0.25, 0.3) is 43.6 Å². The van der Waals surface area contributed by atoms with Gasteiger partial charge in [-0.2, -0.15) is 0 Å². The van der Waals surface area contributed by atoms with Gasteiger partial charge in [0.2, 0.25) is 0 Å². The Bertz CT molecular complexity index is 1780. The van der Waals surface area contributed by atoms with Crippen LogP contribution in [0.2, 0.25) is 10.0 Å². The van der Waals surface area contributed by atoms with Gasteiger partial charge in [-0.15, -0.1) is 0 Å². The van der Waals surface area contributed by atoms with E-state index >= 15 is 0 Å². The summed E-state index contributed by atoms with van der Waals surface area (Å²) in [5.41, 5.74) is 4.40. The molecule has 1 fully saturated rings. The molecule has 7 rings (SSSR count). The van der Waals surface area contributed by atoms with Gasteiger partial charge in [0, 0.05) is 92.9 Å². The Morgan fingerprint density at radius 3 is 1.31 bits per heavy atom. The van der Waals surface area contributed by atoms with Crippen LogP contribution in [0.1, 0.15) is 0 Å². The summed E-state index contributed by atoms with van der Waals surface area (Å²) in [4.78, 5) is 4.66. The van der Waals surface area contributed by atoms with Gasteiger partial charge in [0.05, 0.1) is 25.3 Å². The third kappa shape index (κ3) is 5.28. The molecule has 0 aliphatic carbocycles. The van der Waals surface area contributed by atoms with Crippen molar-refractivity contribution in [3.05, 3.63) is 95.0 Å².